The molecule has 6 nitrogen and oxygen atoms in total. The fraction of sp³-hybridized carbons (Fsp3) is 0.500. The van der Waals surface area contributed by atoms with Gasteiger partial charge in [-0.3, -0.25) is 4.79 Å². The van der Waals surface area contributed by atoms with Crippen molar-refractivity contribution in [2.75, 3.05) is 0 Å². The molecule has 24 heavy (non-hydrogen) atoms. The van der Waals surface area contributed by atoms with Crippen LogP contribution >= 0.6 is 0 Å². The Labute approximate surface area is 136 Å². The van der Waals surface area contributed by atoms with Gasteiger partial charge in [-0.25, -0.2) is 13.6 Å². The van der Waals surface area contributed by atoms with Crippen molar-refractivity contribution in [1.82, 2.24) is 0 Å². The fourth-order valence-corrected chi connectivity index (χ4v) is 3.32. The number of fused-ring (bicyclic) bond motifs is 1. The Morgan fingerprint density at radius 2 is 1.88 bits per heavy atom. The van der Waals surface area contributed by atoms with Gasteiger partial charge in [0.15, 0.2) is 23.2 Å². The van der Waals surface area contributed by atoms with Crippen molar-refractivity contribution in [3.8, 4) is 0 Å². The van der Waals surface area contributed by atoms with E-state index in [1.54, 1.807) is 13.8 Å². The Bertz CT molecular complexity index is 693. The number of primary amides is 1. The highest BCUT2D eigenvalue weighted by Crippen LogP contribution is 2.44. The van der Waals surface area contributed by atoms with Gasteiger partial charge in [0, 0.05) is 5.56 Å². The molecule has 2 N–H and O–H groups in total. The summed E-state index contributed by atoms with van der Waals surface area (Å²) < 4.78 is 42.9. The van der Waals surface area contributed by atoms with E-state index in [4.69, 9.17) is 19.9 Å². The van der Waals surface area contributed by atoms with Crippen LogP contribution in [0.4, 0.5) is 13.6 Å². The van der Waals surface area contributed by atoms with E-state index in [2.05, 4.69) is 0 Å². The number of hydrogen-bond donors (Lipinski definition) is 1. The summed E-state index contributed by atoms with van der Waals surface area (Å²) in [7, 11) is 0. The molecule has 0 spiro atoms. The Morgan fingerprint density at radius 3 is 2.50 bits per heavy atom. The third-order valence-electron chi connectivity index (χ3n) is 4.22. The molecular weight excluding hydrogens is 324 g/mol. The quantitative estimate of drug-likeness (QED) is 0.851. The summed E-state index contributed by atoms with van der Waals surface area (Å²) in [5.41, 5.74) is 5.08. The van der Waals surface area contributed by atoms with Gasteiger partial charge in [-0.2, -0.15) is 0 Å². The molecule has 0 unspecified atom stereocenters. The summed E-state index contributed by atoms with van der Waals surface area (Å²) >= 11 is 0. The molecule has 1 amide bonds. The number of benzene rings is 1. The van der Waals surface area contributed by atoms with Crippen LogP contribution < -0.4 is 5.73 Å². The molecule has 3 rings (SSSR count). The van der Waals surface area contributed by atoms with Gasteiger partial charge in [-0.05, 0) is 38.5 Å². The number of amides is 1. The van der Waals surface area contributed by atoms with Crippen LogP contribution in [0.1, 0.15) is 30.6 Å². The minimum atomic E-state index is -1.11. The van der Waals surface area contributed by atoms with Crippen LogP contribution in [0, 0.1) is 17.6 Å². The second kappa shape index (κ2) is 5.78. The van der Waals surface area contributed by atoms with Crippen LogP contribution in [0.5, 0.6) is 0 Å². The van der Waals surface area contributed by atoms with Crippen LogP contribution in [0.3, 0.4) is 0 Å². The molecule has 130 valence electrons. The summed E-state index contributed by atoms with van der Waals surface area (Å²) in [6, 6.07) is 2.94. The van der Waals surface area contributed by atoms with Gasteiger partial charge >= 0.3 is 6.09 Å². The van der Waals surface area contributed by atoms with E-state index in [0.29, 0.717) is 0 Å². The molecule has 2 fully saturated rings. The van der Waals surface area contributed by atoms with E-state index in [1.165, 1.54) is 6.07 Å². The first kappa shape index (κ1) is 16.8. The summed E-state index contributed by atoms with van der Waals surface area (Å²) in [4.78, 5) is 23.8. The number of Topliss-reactive ketones (excluding diaryl/α,β-unsaturated/α-hetero) is 1. The third-order valence-corrected chi connectivity index (χ3v) is 4.22. The first-order valence-corrected chi connectivity index (χ1v) is 7.49. The highest BCUT2D eigenvalue weighted by molar-refractivity contribution is 5.98. The average molecular weight is 341 g/mol. The normalized spacial score (nSPS) is 30.8. The van der Waals surface area contributed by atoms with E-state index in [0.717, 1.165) is 12.1 Å². The van der Waals surface area contributed by atoms with Crippen LogP contribution in [0.2, 0.25) is 0 Å². The molecule has 4 atom stereocenters. The summed E-state index contributed by atoms with van der Waals surface area (Å²) in [6.45, 7) is 3.34. The zero-order valence-electron chi connectivity index (χ0n) is 13.1. The summed E-state index contributed by atoms with van der Waals surface area (Å²) in [5.74, 6) is -4.25. The minimum absolute atomic E-state index is 0.0191. The Hall–Kier alpha value is -2.06. The maximum atomic E-state index is 13.4. The van der Waals surface area contributed by atoms with E-state index < -0.39 is 53.5 Å². The lowest BCUT2D eigenvalue weighted by molar-refractivity contribution is -0.164. The molecule has 1 aliphatic carbocycles. The number of hydrogen-bond acceptors (Lipinski definition) is 5. The number of rotatable bonds is 3. The zero-order valence-corrected chi connectivity index (χ0v) is 13.1. The van der Waals surface area contributed by atoms with E-state index in [9.17, 15) is 18.4 Å². The molecule has 1 aliphatic heterocycles. The second-order valence-electron chi connectivity index (χ2n) is 6.38. The lowest BCUT2D eigenvalue weighted by Crippen LogP contribution is -2.34. The SMILES string of the molecule is CC1(C)O[C@@H]2[C@H](O1)[C@@H](C(=O)c1ccc(F)c(F)c1)C[C@H]2OC(N)=O. The highest BCUT2D eigenvalue weighted by Gasteiger charge is 2.57. The molecule has 2 aliphatic rings. The maximum absolute atomic E-state index is 13.4. The number of nitrogens with two attached hydrogens (primary N) is 1. The van der Waals surface area contributed by atoms with Gasteiger partial charge in [-0.1, -0.05) is 0 Å². The number of halogens is 2. The van der Waals surface area contributed by atoms with Crippen molar-refractivity contribution in [3.05, 3.63) is 35.4 Å². The van der Waals surface area contributed by atoms with Crippen molar-refractivity contribution in [2.24, 2.45) is 11.7 Å². The summed E-state index contributed by atoms with van der Waals surface area (Å²) in [5, 5.41) is 0. The predicted octanol–water partition coefficient (Wildman–Crippen LogP) is 2.15. The predicted molar refractivity (Wildman–Crippen MR) is 77.1 cm³/mol. The molecule has 1 heterocycles. The van der Waals surface area contributed by atoms with Gasteiger partial charge < -0.3 is 19.9 Å². The number of carbonyl (C=O) groups excluding carboxylic acids is 2. The Balaban J connectivity index is 1.87. The highest BCUT2D eigenvalue weighted by atomic mass is 19.2. The zero-order chi connectivity index (χ0) is 17.6. The Kier molecular flexibility index (Phi) is 4.05. The minimum Gasteiger partial charge on any atom is -0.443 e. The third kappa shape index (κ3) is 2.99. The van der Waals surface area contributed by atoms with Crippen molar-refractivity contribution >= 4 is 11.9 Å². The van der Waals surface area contributed by atoms with E-state index in [1.807, 2.05) is 0 Å². The van der Waals surface area contributed by atoms with Gasteiger partial charge in [0.05, 0.1) is 5.92 Å². The number of carbonyl (C=O) groups is 2. The first-order chi connectivity index (χ1) is 11.2. The molecule has 8 heteroatoms. The Morgan fingerprint density at radius 1 is 1.21 bits per heavy atom. The van der Waals surface area contributed by atoms with Crippen LogP contribution in [0.15, 0.2) is 18.2 Å². The molecule has 0 radical (unpaired) electrons. The molecule has 0 bridgehead atoms. The van der Waals surface area contributed by atoms with Gasteiger partial charge in [-0.15, -0.1) is 0 Å². The van der Waals surface area contributed by atoms with E-state index in [-0.39, 0.29) is 12.0 Å². The van der Waals surface area contributed by atoms with Gasteiger partial charge in [0.1, 0.15) is 18.3 Å². The lowest BCUT2D eigenvalue weighted by atomic mass is 9.94. The molecule has 1 saturated heterocycles. The topological polar surface area (TPSA) is 87.8 Å². The van der Waals surface area contributed by atoms with Crippen molar-refractivity contribution in [3.63, 3.8) is 0 Å². The standard InChI is InChI=1S/C16H17F2NO5/c1-16(2)23-13-8(6-11(14(13)24-16)22-15(19)21)12(20)7-3-4-9(17)10(18)5-7/h3-5,8,11,13-14H,6H2,1-2H3,(H2,19,21)/t8-,11-,13-,14+/m1/s1. The summed E-state index contributed by atoms with van der Waals surface area (Å²) in [6.07, 6.45) is -2.90. The average Bonchev–Trinajstić information content (AvgIpc) is 2.95. The smallest absolute Gasteiger partial charge is 0.404 e. The molecular formula is C16H17F2NO5. The number of ether oxygens (including phenoxy) is 3. The molecule has 1 aromatic carbocycles. The second-order valence-corrected chi connectivity index (χ2v) is 6.38. The van der Waals surface area contributed by atoms with Crippen LogP contribution in [-0.4, -0.2) is 36.0 Å². The van der Waals surface area contributed by atoms with E-state index >= 15 is 0 Å². The first-order valence-electron chi connectivity index (χ1n) is 7.49. The van der Waals surface area contributed by atoms with Crippen molar-refractivity contribution in [2.45, 2.75) is 44.4 Å². The number of ketones is 1. The van der Waals surface area contributed by atoms with Crippen molar-refractivity contribution in [1.29, 1.82) is 0 Å². The van der Waals surface area contributed by atoms with Crippen molar-refractivity contribution < 1.29 is 32.6 Å². The van der Waals surface area contributed by atoms with Gasteiger partial charge in [0.2, 0.25) is 0 Å². The van der Waals surface area contributed by atoms with Crippen LogP contribution in [-0.2, 0) is 14.2 Å². The largest absolute Gasteiger partial charge is 0.443 e. The maximum Gasteiger partial charge on any atom is 0.404 e. The molecule has 1 saturated carbocycles. The molecule has 1 aromatic rings. The fourth-order valence-electron chi connectivity index (χ4n) is 3.32. The van der Waals surface area contributed by atoms with Gasteiger partial charge in [0.25, 0.3) is 0 Å². The van der Waals surface area contributed by atoms with Crippen LogP contribution in [0.25, 0.3) is 0 Å². The lowest BCUT2D eigenvalue weighted by Gasteiger charge is -2.22. The molecule has 0 aromatic heterocycles. The monoisotopic (exact) mass is 341 g/mol.